The second kappa shape index (κ2) is 8.96. The van der Waals surface area contributed by atoms with Crippen LogP contribution in [0.1, 0.15) is 55.8 Å². The van der Waals surface area contributed by atoms with Gasteiger partial charge in [-0.1, -0.05) is 55.0 Å². The van der Waals surface area contributed by atoms with E-state index in [-0.39, 0.29) is 10.6 Å². The summed E-state index contributed by atoms with van der Waals surface area (Å²) in [5, 5.41) is 0. The molecule has 0 N–H and O–H groups in total. The molecule has 1 aromatic rings. The van der Waals surface area contributed by atoms with Crippen molar-refractivity contribution in [2.24, 2.45) is 0 Å². The molecule has 0 aliphatic carbocycles. The van der Waals surface area contributed by atoms with Crippen molar-refractivity contribution in [3.8, 4) is 5.75 Å². The van der Waals surface area contributed by atoms with Gasteiger partial charge in [0, 0.05) is 16.5 Å². The maximum absolute atomic E-state index is 13.5. The maximum Gasteiger partial charge on any atom is 0.141 e. The lowest BCUT2D eigenvalue weighted by atomic mass is 10.0. The Balaban J connectivity index is 2.60. The molecule has 0 saturated carbocycles. The van der Waals surface area contributed by atoms with Gasteiger partial charge in [0.05, 0.1) is 11.6 Å². The average Bonchev–Trinajstić information content (AvgIpc) is 2.40. The van der Waals surface area contributed by atoms with Crippen molar-refractivity contribution in [3.05, 3.63) is 28.0 Å². The van der Waals surface area contributed by atoms with Gasteiger partial charge in [0.2, 0.25) is 0 Å². The first-order chi connectivity index (χ1) is 9.10. The summed E-state index contributed by atoms with van der Waals surface area (Å²) in [6, 6.07) is 3.24. The largest absolute Gasteiger partial charge is 0.496 e. The van der Waals surface area contributed by atoms with Crippen molar-refractivity contribution >= 4 is 31.9 Å². The van der Waals surface area contributed by atoms with Crippen LogP contribution in [0.4, 0.5) is 4.39 Å². The van der Waals surface area contributed by atoms with Crippen LogP contribution in [0.15, 0.2) is 16.6 Å². The smallest absolute Gasteiger partial charge is 0.141 e. The number of rotatable bonds is 8. The lowest BCUT2D eigenvalue weighted by Crippen LogP contribution is -1.97. The monoisotopic (exact) mass is 394 g/mol. The number of alkyl halides is 1. The van der Waals surface area contributed by atoms with Crippen molar-refractivity contribution in [1.82, 2.24) is 0 Å². The molecule has 108 valence electrons. The fourth-order valence-electron chi connectivity index (χ4n) is 2.05. The molecule has 1 aromatic carbocycles. The Bertz CT molecular complexity index is 396. The van der Waals surface area contributed by atoms with Gasteiger partial charge in [0.15, 0.2) is 0 Å². The van der Waals surface area contributed by atoms with Gasteiger partial charge in [-0.2, -0.15) is 0 Å². The zero-order valence-corrected chi connectivity index (χ0v) is 14.7. The third-order valence-electron chi connectivity index (χ3n) is 3.17. The molecule has 0 aliphatic heterocycles. The molecule has 1 atom stereocenters. The molecule has 0 spiro atoms. The van der Waals surface area contributed by atoms with Crippen molar-refractivity contribution in [2.45, 2.75) is 50.3 Å². The second-order valence-corrected chi connectivity index (χ2v) is 6.64. The predicted molar refractivity (Wildman–Crippen MR) is 85.7 cm³/mol. The molecule has 0 radical (unpaired) electrons. The number of methoxy groups -OCH3 is 1. The Kier molecular flexibility index (Phi) is 8.00. The second-order valence-electron chi connectivity index (χ2n) is 4.68. The molecule has 0 saturated heterocycles. The third-order valence-corrected chi connectivity index (χ3v) is 4.73. The van der Waals surface area contributed by atoms with Gasteiger partial charge in [-0.05, 0) is 28.4 Å². The summed E-state index contributed by atoms with van der Waals surface area (Å²) in [5.41, 5.74) is 1.01. The zero-order valence-electron chi connectivity index (χ0n) is 11.5. The molecule has 0 bridgehead atoms. The highest BCUT2D eigenvalue weighted by Gasteiger charge is 2.15. The summed E-state index contributed by atoms with van der Waals surface area (Å²) in [7, 11) is 1.58. The topological polar surface area (TPSA) is 9.23 Å². The van der Waals surface area contributed by atoms with Gasteiger partial charge in [0.25, 0.3) is 0 Å². The molecular formula is C15H21Br2FO. The zero-order chi connectivity index (χ0) is 14.3. The number of hydrogen-bond donors (Lipinski definition) is 0. The minimum atomic E-state index is -0.289. The molecule has 0 aliphatic rings. The molecular weight excluding hydrogens is 375 g/mol. The molecule has 1 rings (SSSR count). The van der Waals surface area contributed by atoms with E-state index in [2.05, 4.69) is 38.8 Å². The van der Waals surface area contributed by atoms with E-state index >= 15 is 0 Å². The molecule has 1 nitrogen and oxygen atoms in total. The summed E-state index contributed by atoms with van der Waals surface area (Å²) in [5.74, 6) is 0.319. The maximum atomic E-state index is 13.5. The van der Waals surface area contributed by atoms with E-state index in [1.807, 2.05) is 0 Å². The summed E-state index contributed by atoms with van der Waals surface area (Å²) >= 11 is 6.91. The first-order valence-corrected chi connectivity index (χ1v) is 8.48. The standard InChI is InChI=1S/C15H21Br2FO/c1-3-4-5-6-7-8-12(16)11-9-13(17)14(18)10-15(11)19-2/h9-10,12H,3-8H2,1-2H3. The normalized spacial score (nSPS) is 12.5. The van der Waals surface area contributed by atoms with Crippen LogP contribution in [-0.4, -0.2) is 7.11 Å². The highest BCUT2D eigenvalue weighted by Crippen LogP contribution is 2.37. The number of unbranched alkanes of at least 4 members (excludes halogenated alkanes) is 4. The Morgan fingerprint density at radius 3 is 2.53 bits per heavy atom. The first-order valence-electron chi connectivity index (χ1n) is 6.77. The van der Waals surface area contributed by atoms with Crippen LogP contribution in [0, 0.1) is 5.82 Å². The fraction of sp³-hybridized carbons (Fsp3) is 0.600. The van der Waals surface area contributed by atoms with Gasteiger partial charge in [0.1, 0.15) is 11.6 Å². The van der Waals surface area contributed by atoms with Crippen LogP contribution in [0.25, 0.3) is 0 Å². The van der Waals surface area contributed by atoms with E-state index < -0.39 is 0 Å². The van der Waals surface area contributed by atoms with Crippen LogP contribution < -0.4 is 4.74 Å². The van der Waals surface area contributed by atoms with Crippen molar-refractivity contribution in [3.63, 3.8) is 0 Å². The van der Waals surface area contributed by atoms with Crippen LogP contribution in [-0.2, 0) is 0 Å². The molecule has 1 unspecified atom stereocenters. The minimum absolute atomic E-state index is 0.209. The summed E-state index contributed by atoms with van der Waals surface area (Å²) < 4.78 is 19.2. The van der Waals surface area contributed by atoms with Crippen molar-refractivity contribution in [2.75, 3.05) is 7.11 Å². The Morgan fingerprint density at radius 2 is 1.89 bits per heavy atom. The third kappa shape index (κ3) is 5.42. The lowest BCUT2D eigenvalue weighted by Gasteiger charge is -2.15. The van der Waals surface area contributed by atoms with Crippen LogP contribution in [0.3, 0.4) is 0 Å². The van der Waals surface area contributed by atoms with Gasteiger partial charge in [-0.3, -0.25) is 0 Å². The first kappa shape index (κ1) is 17.0. The van der Waals surface area contributed by atoms with Gasteiger partial charge in [-0.25, -0.2) is 4.39 Å². The van der Waals surface area contributed by atoms with Gasteiger partial charge in [-0.15, -0.1) is 0 Å². The summed E-state index contributed by atoms with van der Waals surface area (Å²) in [4.78, 5) is 0.209. The highest BCUT2D eigenvalue weighted by molar-refractivity contribution is 9.10. The quantitative estimate of drug-likeness (QED) is 0.365. The summed E-state index contributed by atoms with van der Waals surface area (Å²) in [6.45, 7) is 2.22. The van der Waals surface area contributed by atoms with Crippen molar-refractivity contribution < 1.29 is 9.13 Å². The minimum Gasteiger partial charge on any atom is -0.496 e. The Hall–Kier alpha value is -0.0900. The van der Waals surface area contributed by atoms with E-state index in [0.29, 0.717) is 10.2 Å². The van der Waals surface area contributed by atoms with Crippen LogP contribution in [0.5, 0.6) is 5.75 Å². The highest BCUT2D eigenvalue weighted by atomic mass is 79.9. The number of ether oxygens (including phenoxy) is 1. The Labute approximate surface area is 132 Å². The van der Waals surface area contributed by atoms with Crippen molar-refractivity contribution in [1.29, 1.82) is 0 Å². The SMILES string of the molecule is CCCCCCCC(Br)c1cc(Br)c(F)cc1OC. The molecule has 0 heterocycles. The van der Waals surface area contributed by atoms with E-state index in [4.69, 9.17) is 4.74 Å². The molecule has 4 heteroatoms. The van der Waals surface area contributed by atoms with Crippen LogP contribution >= 0.6 is 31.9 Å². The Morgan fingerprint density at radius 1 is 1.21 bits per heavy atom. The van der Waals surface area contributed by atoms with Crippen LogP contribution in [0.2, 0.25) is 0 Å². The van der Waals surface area contributed by atoms with E-state index in [1.54, 1.807) is 13.2 Å². The van der Waals surface area contributed by atoms with E-state index in [0.717, 1.165) is 12.0 Å². The van der Waals surface area contributed by atoms with Gasteiger partial charge >= 0.3 is 0 Å². The molecule has 0 fully saturated rings. The summed E-state index contributed by atoms with van der Waals surface area (Å²) in [6.07, 6.45) is 7.32. The number of hydrogen-bond acceptors (Lipinski definition) is 1. The number of benzene rings is 1. The molecule has 0 aromatic heterocycles. The van der Waals surface area contributed by atoms with E-state index in [9.17, 15) is 4.39 Å². The number of halogens is 3. The molecule has 19 heavy (non-hydrogen) atoms. The molecule has 0 amide bonds. The fourth-order valence-corrected chi connectivity index (χ4v) is 3.09. The van der Waals surface area contributed by atoms with Gasteiger partial charge < -0.3 is 4.74 Å². The predicted octanol–water partition coefficient (Wildman–Crippen LogP) is 6.39. The average molecular weight is 396 g/mol. The lowest BCUT2D eigenvalue weighted by molar-refractivity contribution is 0.404. The van der Waals surface area contributed by atoms with E-state index in [1.165, 1.54) is 38.2 Å².